The second kappa shape index (κ2) is 8.35. The first-order valence-electron chi connectivity index (χ1n) is 9.41. The fourth-order valence-electron chi connectivity index (χ4n) is 3.58. The van der Waals surface area contributed by atoms with Crippen molar-refractivity contribution in [1.29, 1.82) is 0 Å². The number of aryl methyl sites for hydroxylation is 5. The van der Waals surface area contributed by atoms with E-state index in [9.17, 15) is 13.2 Å². The maximum Gasteiger partial charge on any atom is 0.248 e. The van der Waals surface area contributed by atoms with Crippen molar-refractivity contribution in [1.82, 2.24) is 0 Å². The lowest BCUT2D eigenvalue weighted by Crippen LogP contribution is -2.47. The maximum absolute atomic E-state index is 13.2. The summed E-state index contributed by atoms with van der Waals surface area (Å²) >= 11 is 0. The number of anilines is 2. The van der Waals surface area contributed by atoms with Gasteiger partial charge in [-0.2, -0.15) is 0 Å². The summed E-state index contributed by atoms with van der Waals surface area (Å²) < 4.78 is 26.6. The van der Waals surface area contributed by atoms with Crippen LogP contribution in [-0.4, -0.2) is 26.6 Å². The van der Waals surface area contributed by atoms with E-state index in [1.165, 1.54) is 4.31 Å². The summed E-state index contributed by atoms with van der Waals surface area (Å²) in [7, 11) is -3.66. The van der Waals surface area contributed by atoms with Crippen LogP contribution in [0.3, 0.4) is 0 Å². The summed E-state index contributed by atoms with van der Waals surface area (Å²) in [4.78, 5) is 13.2. The lowest BCUT2D eigenvalue weighted by Gasteiger charge is -2.31. The zero-order chi connectivity index (χ0) is 21.2. The zero-order valence-corrected chi connectivity index (χ0v) is 18.6. The molecule has 0 heterocycles. The number of nitrogens with one attached hydrogen (secondary N) is 1. The molecule has 0 fully saturated rings. The SMILES string of the molecule is CCC(C(=O)Nc1c(C)cc(C)cc1C)N(c1cc(C)ccc1C)S(C)(=O)=O. The van der Waals surface area contributed by atoms with Crippen molar-refractivity contribution in [2.75, 3.05) is 15.9 Å². The first-order chi connectivity index (χ1) is 13.0. The van der Waals surface area contributed by atoms with E-state index in [-0.39, 0.29) is 5.91 Å². The number of amides is 1. The highest BCUT2D eigenvalue weighted by molar-refractivity contribution is 7.92. The van der Waals surface area contributed by atoms with Gasteiger partial charge in [-0.25, -0.2) is 8.42 Å². The van der Waals surface area contributed by atoms with Gasteiger partial charge in [-0.1, -0.05) is 36.8 Å². The van der Waals surface area contributed by atoms with Gasteiger partial charge in [-0.05, 0) is 69.4 Å². The highest BCUT2D eigenvalue weighted by Gasteiger charge is 2.32. The Hall–Kier alpha value is -2.34. The van der Waals surface area contributed by atoms with Crippen molar-refractivity contribution in [2.45, 2.75) is 54.0 Å². The standard InChI is InChI=1S/C22H30N2O3S/c1-8-19(22(25)23-21-17(5)11-15(3)12-18(21)6)24(28(7,26)27)20-13-14(2)9-10-16(20)4/h9-13,19H,8H2,1-7H3,(H,23,25). The maximum atomic E-state index is 13.2. The molecule has 2 aromatic rings. The largest absolute Gasteiger partial charge is 0.324 e. The molecule has 2 rings (SSSR count). The molecule has 152 valence electrons. The summed E-state index contributed by atoms with van der Waals surface area (Å²) in [6.07, 6.45) is 1.50. The Morgan fingerprint density at radius 1 is 0.964 bits per heavy atom. The van der Waals surface area contributed by atoms with Crippen LogP contribution in [0.25, 0.3) is 0 Å². The third kappa shape index (κ3) is 4.73. The third-order valence-corrected chi connectivity index (χ3v) is 6.02. The summed E-state index contributed by atoms with van der Waals surface area (Å²) in [5.74, 6) is -0.330. The molecule has 0 aliphatic heterocycles. The Balaban J connectivity index is 2.50. The number of hydrogen-bond acceptors (Lipinski definition) is 3. The van der Waals surface area contributed by atoms with Crippen molar-refractivity contribution >= 4 is 27.3 Å². The monoisotopic (exact) mass is 402 g/mol. The molecule has 6 heteroatoms. The van der Waals surface area contributed by atoms with E-state index in [1.54, 1.807) is 0 Å². The first kappa shape index (κ1) is 22.0. The van der Waals surface area contributed by atoms with Gasteiger partial charge in [0.2, 0.25) is 15.9 Å². The predicted octanol–water partition coefficient (Wildman–Crippen LogP) is 4.41. The van der Waals surface area contributed by atoms with E-state index in [0.717, 1.165) is 39.8 Å². The van der Waals surface area contributed by atoms with Crippen molar-refractivity contribution in [2.24, 2.45) is 0 Å². The quantitative estimate of drug-likeness (QED) is 0.778. The van der Waals surface area contributed by atoms with Gasteiger partial charge in [0.15, 0.2) is 0 Å². The minimum Gasteiger partial charge on any atom is -0.324 e. The van der Waals surface area contributed by atoms with Crippen molar-refractivity contribution in [3.8, 4) is 0 Å². The average molecular weight is 403 g/mol. The Morgan fingerprint density at radius 3 is 2.04 bits per heavy atom. The highest BCUT2D eigenvalue weighted by Crippen LogP contribution is 2.29. The van der Waals surface area contributed by atoms with Gasteiger partial charge in [0.25, 0.3) is 0 Å². The smallest absolute Gasteiger partial charge is 0.248 e. The average Bonchev–Trinajstić information content (AvgIpc) is 2.57. The number of hydrogen-bond donors (Lipinski definition) is 1. The Labute approximate surface area is 168 Å². The molecule has 0 aliphatic rings. The van der Waals surface area contributed by atoms with Crippen molar-refractivity contribution in [3.63, 3.8) is 0 Å². The van der Waals surface area contributed by atoms with Crippen LogP contribution >= 0.6 is 0 Å². The van der Waals surface area contributed by atoms with E-state index in [0.29, 0.717) is 12.1 Å². The number of carbonyl (C=O) groups excluding carboxylic acids is 1. The molecule has 0 saturated carbocycles. The third-order valence-electron chi connectivity index (χ3n) is 4.86. The second-order valence-corrected chi connectivity index (χ2v) is 9.40. The molecule has 0 aliphatic carbocycles. The number of nitrogens with zero attached hydrogens (tertiary/aromatic N) is 1. The van der Waals surface area contributed by atoms with Gasteiger partial charge >= 0.3 is 0 Å². The topological polar surface area (TPSA) is 66.5 Å². The van der Waals surface area contributed by atoms with Crippen LogP contribution in [0.2, 0.25) is 0 Å². The lowest BCUT2D eigenvalue weighted by molar-refractivity contribution is -0.117. The van der Waals surface area contributed by atoms with Gasteiger partial charge in [0.05, 0.1) is 11.9 Å². The molecule has 2 aromatic carbocycles. The molecule has 0 aromatic heterocycles. The molecule has 0 spiro atoms. The summed E-state index contributed by atoms with van der Waals surface area (Å²) in [5, 5.41) is 2.97. The Morgan fingerprint density at radius 2 is 1.54 bits per heavy atom. The summed E-state index contributed by atoms with van der Waals surface area (Å²) in [6, 6.07) is 8.79. The molecular weight excluding hydrogens is 372 g/mol. The van der Waals surface area contributed by atoms with Gasteiger partial charge in [0.1, 0.15) is 6.04 Å². The molecule has 1 N–H and O–H groups in total. The highest BCUT2D eigenvalue weighted by atomic mass is 32.2. The molecule has 0 bridgehead atoms. The van der Waals surface area contributed by atoms with Gasteiger partial charge in [0, 0.05) is 5.69 Å². The van der Waals surface area contributed by atoms with E-state index in [4.69, 9.17) is 0 Å². The predicted molar refractivity (Wildman–Crippen MR) is 117 cm³/mol. The van der Waals surface area contributed by atoms with E-state index in [2.05, 4.69) is 5.32 Å². The van der Waals surface area contributed by atoms with Crippen LogP contribution in [0.15, 0.2) is 30.3 Å². The molecule has 28 heavy (non-hydrogen) atoms. The van der Waals surface area contributed by atoms with Crippen LogP contribution in [0.5, 0.6) is 0 Å². The number of benzene rings is 2. The van der Waals surface area contributed by atoms with Crippen molar-refractivity contribution < 1.29 is 13.2 Å². The lowest BCUT2D eigenvalue weighted by atomic mass is 10.0. The van der Waals surface area contributed by atoms with Crippen LogP contribution < -0.4 is 9.62 Å². The molecule has 0 radical (unpaired) electrons. The Kier molecular flexibility index (Phi) is 6.55. The van der Waals surface area contributed by atoms with Crippen LogP contribution in [0, 0.1) is 34.6 Å². The molecular formula is C22H30N2O3S. The van der Waals surface area contributed by atoms with Crippen molar-refractivity contribution in [3.05, 3.63) is 58.1 Å². The Bertz CT molecular complexity index is 974. The molecule has 5 nitrogen and oxygen atoms in total. The van der Waals surface area contributed by atoms with Gasteiger partial charge in [-0.3, -0.25) is 9.10 Å². The molecule has 1 amide bonds. The number of carbonyl (C=O) groups is 1. The van der Waals surface area contributed by atoms with Gasteiger partial charge < -0.3 is 5.32 Å². The summed E-state index contributed by atoms with van der Waals surface area (Å²) in [6.45, 7) is 11.5. The zero-order valence-electron chi connectivity index (χ0n) is 17.8. The van der Waals surface area contributed by atoms with Crippen LogP contribution in [-0.2, 0) is 14.8 Å². The minimum atomic E-state index is -3.66. The molecule has 1 atom stereocenters. The second-order valence-electron chi connectivity index (χ2n) is 7.54. The fourth-order valence-corrected chi connectivity index (χ4v) is 4.84. The van der Waals surface area contributed by atoms with E-state index >= 15 is 0 Å². The van der Waals surface area contributed by atoms with E-state index in [1.807, 2.05) is 71.9 Å². The number of rotatable bonds is 6. The van der Waals surface area contributed by atoms with Gasteiger partial charge in [-0.15, -0.1) is 0 Å². The number of sulfonamides is 1. The van der Waals surface area contributed by atoms with Crippen LogP contribution in [0.1, 0.15) is 41.2 Å². The van der Waals surface area contributed by atoms with Crippen LogP contribution in [0.4, 0.5) is 11.4 Å². The van der Waals surface area contributed by atoms with E-state index < -0.39 is 16.1 Å². The normalized spacial score (nSPS) is 12.5. The fraction of sp³-hybridized carbons (Fsp3) is 0.409. The minimum absolute atomic E-state index is 0.330. The summed E-state index contributed by atoms with van der Waals surface area (Å²) in [5.41, 5.74) is 6.06. The molecule has 0 saturated heterocycles. The first-order valence-corrected chi connectivity index (χ1v) is 11.3. The molecule has 1 unspecified atom stereocenters.